The van der Waals surface area contributed by atoms with Crippen molar-refractivity contribution in [2.24, 2.45) is 0 Å². The van der Waals surface area contributed by atoms with Crippen LogP contribution in [0.15, 0.2) is 30.3 Å². The van der Waals surface area contributed by atoms with E-state index in [1.54, 1.807) is 12.1 Å². The van der Waals surface area contributed by atoms with Crippen LogP contribution in [0.1, 0.15) is 22.3 Å². The van der Waals surface area contributed by atoms with Gasteiger partial charge in [-0.25, -0.2) is 0 Å². The molecule has 0 saturated heterocycles. The number of nitrogens with one attached hydrogen (secondary N) is 1. The molecule has 1 amide bonds. The van der Waals surface area contributed by atoms with E-state index in [0.717, 1.165) is 22.4 Å². The number of carbonyl (C=O) groups excluding carboxylic acids is 1. The number of halogens is 1. The molecule has 0 unspecified atom stereocenters. The normalized spacial score (nSPS) is 10.4. The van der Waals surface area contributed by atoms with E-state index in [1.807, 2.05) is 45.9 Å². The molecular formula is C18H20ClNO2. The van der Waals surface area contributed by atoms with Crippen LogP contribution in [0.3, 0.4) is 0 Å². The third kappa shape index (κ3) is 4.01. The third-order valence-electron chi connectivity index (χ3n) is 3.43. The van der Waals surface area contributed by atoms with E-state index in [1.165, 1.54) is 5.56 Å². The van der Waals surface area contributed by atoms with Crippen molar-refractivity contribution < 1.29 is 9.53 Å². The highest BCUT2D eigenvalue weighted by atomic mass is 35.5. The summed E-state index contributed by atoms with van der Waals surface area (Å²) < 4.78 is 5.68. The summed E-state index contributed by atoms with van der Waals surface area (Å²) in [6.45, 7) is 7.89. The van der Waals surface area contributed by atoms with E-state index >= 15 is 0 Å². The Hall–Kier alpha value is -2.00. The monoisotopic (exact) mass is 317 g/mol. The molecule has 22 heavy (non-hydrogen) atoms. The average Bonchev–Trinajstić information content (AvgIpc) is 2.41. The van der Waals surface area contributed by atoms with E-state index in [4.69, 9.17) is 16.3 Å². The van der Waals surface area contributed by atoms with Gasteiger partial charge in [-0.3, -0.25) is 4.79 Å². The lowest BCUT2D eigenvalue weighted by atomic mass is 10.1. The molecule has 116 valence electrons. The van der Waals surface area contributed by atoms with Crippen molar-refractivity contribution in [3.05, 3.63) is 57.6 Å². The molecule has 2 aromatic carbocycles. The van der Waals surface area contributed by atoms with Crippen LogP contribution in [0, 0.1) is 27.7 Å². The minimum Gasteiger partial charge on any atom is -0.483 e. The second-order valence-electron chi connectivity index (χ2n) is 5.52. The fourth-order valence-corrected chi connectivity index (χ4v) is 2.62. The van der Waals surface area contributed by atoms with Gasteiger partial charge in [0.05, 0.1) is 0 Å². The van der Waals surface area contributed by atoms with Gasteiger partial charge in [-0.1, -0.05) is 35.4 Å². The molecule has 3 nitrogen and oxygen atoms in total. The molecule has 0 aliphatic heterocycles. The number of hydrogen-bond donors (Lipinski definition) is 1. The van der Waals surface area contributed by atoms with E-state index in [2.05, 4.69) is 5.32 Å². The molecule has 2 rings (SSSR count). The van der Waals surface area contributed by atoms with Gasteiger partial charge in [-0.2, -0.15) is 0 Å². The number of hydrogen-bond acceptors (Lipinski definition) is 2. The average molecular weight is 318 g/mol. The summed E-state index contributed by atoms with van der Waals surface area (Å²) in [5.74, 6) is 0.563. The van der Waals surface area contributed by atoms with Crippen LogP contribution in [0.2, 0.25) is 5.02 Å². The molecular weight excluding hydrogens is 298 g/mol. The van der Waals surface area contributed by atoms with Crippen LogP contribution in [0.4, 0.5) is 5.69 Å². The Labute approximate surface area is 136 Å². The number of benzene rings is 2. The molecule has 0 radical (unpaired) electrons. The standard InChI is InChI=1S/C18H20ClNO2/c1-11-7-13(3)18(14(4)8-11)22-10-17(21)20-16-9-15(19)6-5-12(16)2/h5-9H,10H2,1-4H3,(H,20,21). The third-order valence-corrected chi connectivity index (χ3v) is 3.66. The topological polar surface area (TPSA) is 38.3 Å². The maximum Gasteiger partial charge on any atom is 0.262 e. The Balaban J connectivity index is 2.03. The number of aryl methyl sites for hydroxylation is 4. The fourth-order valence-electron chi connectivity index (χ4n) is 2.45. The summed E-state index contributed by atoms with van der Waals surface area (Å²) in [4.78, 5) is 12.1. The van der Waals surface area contributed by atoms with E-state index < -0.39 is 0 Å². The molecule has 1 N–H and O–H groups in total. The highest BCUT2D eigenvalue weighted by Crippen LogP contribution is 2.25. The maximum atomic E-state index is 12.1. The van der Waals surface area contributed by atoms with Gasteiger partial charge in [0.15, 0.2) is 6.61 Å². The second-order valence-corrected chi connectivity index (χ2v) is 5.96. The molecule has 0 bridgehead atoms. The molecule has 0 spiro atoms. The zero-order valence-electron chi connectivity index (χ0n) is 13.3. The van der Waals surface area contributed by atoms with Crippen molar-refractivity contribution in [1.82, 2.24) is 0 Å². The zero-order chi connectivity index (χ0) is 16.3. The number of carbonyl (C=O) groups is 1. The van der Waals surface area contributed by atoms with Gasteiger partial charge in [-0.15, -0.1) is 0 Å². The van der Waals surface area contributed by atoms with Gasteiger partial charge in [-0.05, 0) is 56.5 Å². The molecule has 2 aromatic rings. The first-order chi connectivity index (χ1) is 10.4. The molecule has 0 saturated carbocycles. The predicted molar refractivity (Wildman–Crippen MR) is 91.0 cm³/mol. The Kier molecular flexibility index (Phi) is 5.09. The first-order valence-corrected chi connectivity index (χ1v) is 7.51. The molecule has 0 aromatic heterocycles. The van der Waals surface area contributed by atoms with E-state index in [9.17, 15) is 4.79 Å². The lowest BCUT2D eigenvalue weighted by Gasteiger charge is -2.14. The van der Waals surface area contributed by atoms with Crippen LogP contribution in [0.25, 0.3) is 0 Å². The van der Waals surface area contributed by atoms with Crippen molar-refractivity contribution in [3.8, 4) is 5.75 Å². The lowest BCUT2D eigenvalue weighted by Crippen LogP contribution is -2.21. The van der Waals surface area contributed by atoms with Crippen molar-refractivity contribution in [2.45, 2.75) is 27.7 Å². The summed E-state index contributed by atoms with van der Waals surface area (Å²) >= 11 is 5.95. The van der Waals surface area contributed by atoms with Crippen LogP contribution in [0.5, 0.6) is 5.75 Å². The summed E-state index contributed by atoms with van der Waals surface area (Å²) in [6, 6.07) is 9.48. The molecule has 0 fully saturated rings. The summed E-state index contributed by atoms with van der Waals surface area (Å²) in [6.07, 6.45) is 0. The Morgan fingerprint density at radius 3 is 2.32 bits per heavy atom. The van der Waals surface area contributed by atoms with Crippen LogP contribution in [-0.2, 0) is 4.79 Å². The van der Waals surface area contributed by atoms with Gasteiger partial charge in [0, 0.05) is 10.7 Å². The zero-order valence-corrected chi connectivity index (χ0v) is 14.0. The Bertz CT molecular complexity index is 687. The van der Waals surface area contributed by atoms with Crippen molar-refractivity contribution in [2.75, 3.05) is 11.9 Å². The van der Waals surface area contributed by atoms with Crippen LogP contribution >= 0.6 is 11.6 Å². The van der Waals surface area contributed by atoms with Crippen LogP contribution < -0.4 is 10.1 Å². The van der Waals surface area contributed by atoms with Gasteiger partial charge in [0.25, 0.3) is 5.91 Å². The maximum absolute atomic E-state index is 12.1. The first-order valence-electron chi connectivity index (χ1n) is 7.13. The summed E-state index contributed by atoms with van der Waals surface area (Å²) in [7, 11) is 0. The predicted octanol–water partition coefficient (Wildman–Crippen LogP) is 4.59. The number of ether oxygens (including phenoxy) is 1. The highest BCUT2D eigenvalue weighted by Gasteiger charge is 2.10. The fraction of sp³-hybridized carbons (Fsp3) is 0.278. The molecule has 0 atom stereocenters. The van der Waals surface area contributed by atoms with Gasteiger partial charge in [0.1, 0.15) is 5.75 Å². The SMILES string of the molecule is Cc1cc(C)c(OCC(=O)Nc2cc(Cl)ccc2C)c(C)c1. The Morgan fingerprint density at radius 2 is 1.68 bits per heavy atom. The molecule has 0 heterocycles. The van der Waals surface area contributed by atoms with Crippen molar-refractivity contribution in [3.63, 3.8) is 0 Å². The smallest absolute Gasteiger partial charge is 0.262 e. The lowest BCUT2D eigenvalue weighted by molar-refractivity contribution is -0.118. The molecule has 4 heteroatoms. The number of rotatable bonds is 4. The van der Waals surface area contributed by atoms with Gasteiger partial charge in [0.2, 0.25) is 0 Å². The largest absolute Gasteiger partial charge is 0.483 e. The van der Waals surface area contributed by atoms with Crippen molar-refractivity contribution >= 4 is 23.2 Å². The van der Waals surface area contributed by atoms with E-state index in [0.29, 0.717) is 10.7 Å². The molecule has 0 aliphatic carbocycles. The van der Waals surface area contributed by atoms with Gasteiger partial charge < -0.3 is 10.1 Å². The summed E-state index contributed by atoms with van der Waals surface area (Å²) in [5, 5.41) is 3.41. The second kappa shape index (κ2) is 6.84. The van der Waals surface area contributed by atoms with Gasteiger partial charge >= 0.3 is 0 Å². The molecule has 0 aliphatic rings. The highest BCUT2D eigenvalue weighted by molar-refractivity contribution is 6.31. The quantitative estimate of drug-likeness (QED) is 0.895. The number of anilines is 1. The minimum absolute atomic E-state index is 0.0311. The van der Waals surface area contributed by atoms with Crippen molar-refractivity contribution in [1.29, 1.82) is 0 Å². The number of amides is 1. The summed E-state index contributed by atoms with van der Waals surface area (Å²) in [5.41, 5.74) is 4.91. The minimum atomic E-state index is -0.204. The van der Waals surface area contributed by atoms with Crippen LogP contribution in [-0.4, -0.2) is 12.5 Å². The Morgan fingerprint density at radius 1 is 1.05 bits per heavy atom. The van der Waals surface area contributed by atoms with E-state index in [-0.39, 0.29) is 12.5 Å². The first kappa shape index (κ1) is 16.4.